The van der Waals surface area contributed by atoms with Gasteiger partial charge in [-0.1, -0.05) is 0 Å². The zero-order chi connectivity index (χ0) is 19.9. The molecule has 2 fully saturated rings. The Balaban J connectivity index is 1.57. The molecule has 2 aliphatic rings. The van der Waals surface area contributed by atoms with E-state index in [9.17, 15) is 14.9 Å². The molecule has 3 rings (SSSR count). The van der Waals surface area contributed by atoms with Crippen LogP contribution in [0.15, 0.2) is 18.2 Å². The monoisotopic (exact) mass is 409 g/mol. The molecule has 152 valence electrons. The van der Waals surface area contributed by atoms with Crippen molar-refractivity contribution in [3.05, 3.63) is 33.9 Å². The number of nitrogens with one attached hydrogen (secondary N) is 3. The minimum absolute atomic E-state index is 0.117. The first-order chi connectivity index (χ1) is 13.5. The summed E-state index contributed by atoms with van der Waals surface area (Å²) < 4.78 is 10.8. The van der Waals surface area contributed by atoms with Crippen LogP contribution in [0.1, 0.15) is 23.2 Å². The van der Waals surface area contributed by atoms with Crippen LogP contribution in [0.25, 0.3) is 0 Å². The number of anilines is 1. The Morgan fingerprint density at radius 3 is 2.75 bits per heavy atom. The summed E-state index contributed by atoms with van der Waals surface area (Å²) >= 11 is 5.11. The molecule has 1 aromatic rings. The van der Waals surface area contributed by atoms with Crippen molar-refractivity contribution >= 4 is 34.6 Å². The number of morpholine rings is 1. The summed E-state index contributed by atoms with van der Waals surface area (Å²) in [5, 5.41) is 14.7. The molecule has 0 spiro atoms. The largest absolute Gasteiger partial charge is 0.378 e. The number of carbonyl (C=O) groups excluding carboxylic acids is 1. The second-order valence-corrected chi connectivity index (χ2v) is 6.89. The smallest absolute Gasteiger partial charge is 0.293 e. The van der Waals surface area contributed by atoms with Crippen molar-refractivity contribution in [1.82, 2.24) is 16.2 Å². The fourth-order valence-electron chi connectivity index (χ4n) is 3.12. The Morgan fingerprint density at radius 2 is 2.07 bits per heavy atom. The third-order valence-corrected chi connectivity index (χ3v) is 4.84. The Hall–Kier alpha value is -2.50. The van der Waals surface area contributed by atoms with Gasteiger partial charge in [0.25, 0.3) is 11.6 Å². The van der Waals surface area contributed by atoms with Crippen molar-refractivity contribution in [2.75, 3.05) is 44.4 Å². The Kier molecular flexibility index (Phi) is 6.95. The predicted molar refractivity (Wildman–Crippen MR) is 106 cm³/mol. The number of carbonyl (C=O) groups is 1. The number of rotatable bonds is 5. The van der Waals surface area contributed by atoms with Crippen molar-refractivity contribution in [3.8, 4) is 0 Å². The van der Waals surface area contributed by atoms with Gasteiger partial charge in [0.2, 0.25) is 0 Å². The minimum atomic E-state index is -0.516. The van der Waals surface area contributed by atoms with Crippen molar-refractivity contribution in [3.63, 3.8) is 0 Å². The maximum Gasteiger partial charge on any atom is 0.293 e. The van der Waals surface area contributed by atoms with Crippen LogP contribution in [0.3, 0.4) is 0 Å². The molecule has 2 aliphatic heterocycles. The lowest BCUT2D eigenvalue weighted by Gasteiger charge is -2.28. The fraction of sp³-hybridized carbons (Fsp3) is 0.529. The number of nitrogens with zero attached hydrogens (tertiary/aromatic N) is 2. The standard InChI is InChI=1S/C17H23N5O5S/c23-16(19-20-17(28)18-11-13-2-1-7-27-13)12-3-4-14(15(10-12)22(24)25)21-5-8-26-9-6-21/h3-4,10,13H,1-2,5-9,11H2,(H,19,23)(H2,18,20,28)/t13-/m0/s1. The third-order valence-electron chi connectivity index (χ3n) is 4.59. The lowest BCUT2D eigenvalue weighted by atomic mass is 10.1. The highest BCUT2D eigenvalue weighted by Gasteiger charge is 2.23. The lowest BCUT2D eigenvalue weighted by Crippen LogP contribution is -2.48. The van der Waals surface area contributed by atoms with E-state index in [0.717, 1.165) is 19.4 Å². The number of hydrazine groups is 1. The predicted octanol–water partition coefficient (Wildman–Crippen LogP) is 0.719. The highest BCUT2D eigenvalue weighted by atomic mass is 32.1. The summed E-state index contributed by atoms with van der Waals surface area (Å²) in [5.41, 5.74) is 5.58. The Labute approximate surface area is 167 Å². The van der Waals surface area contributed by atoms with Crippen LogP contribution >= 0.6 is 12.2 Å². The normalized spacial score (nSPS) is 19.1. The first-order valence-electron chi connectivity index (χ1n) is 9.11. The zero-order valence-corrected chi connectivity index (χ0v) is 16.1. The van der Waals surface area contributed by atoms with Crippen LogP contribution in [0, 0.1) is 10.1 Å². The van der Waals surface area contributed by atoms with E-state index in [1.54, 1.807) is 12.1 Å². The molecule has 0 aliphatic carbocycles. The van der Waals surface area contributed by atoms with Gasteiger partial charge in [-0.05, 0) is 37.2 Å². The van der Waals surface area contributed by atoms with E-state index in [1.807, 2.05) is 4.90 Å². The van der Waals surface area contributed by atoms with Gasteiger partial charge in [-0.3, -0.25) is 25.8 Å². The Morgan fingerprint density at radius 1 is 1.29 bits per heavy atom. The number of hydrogen-bond donors (Lipinski definition) is 3. The van der Waals surface area contributed by atoms with Gasteiger partial charge in [0.05, 0.1) is 24.2 Å². The van der Waals surface area contributed by atoms with Crippen molar-refractivity contribution in [1.29, 1.82) is 0 Å². The first kappa shape index (κ1) is 20.2. The molecule has 28 heavy (non-hydrogen) atoms. The van der Waals surface area contributed by atoms with E-state index in [-0.39, 0.29) is 22.5 Å². The van der Waals surface area contributed by atoms with Gasteiger partial charge in [0, 0.05) is 37.9 Å². The van der Waals surface area contributed by atoms with Gasteiger partial charge in [0.1, 0.15) is 5.69 Å². The topological polar surface area (TPSA) is 118 Å². The molecule has 2 saturated heterocycles. The van der Waals surface area contributed by atoms with E-state index in [0.29, 0.717) is 38.5 Å². The number of ether oxygens (including phenoxy) is 2. The molecule has 1 atom stereocenters. The van der Waals surface area contributed by atoms with Gasteiger partial charge in [-0.2, -0.15) is 0 Å². The molecular weight excluding hydrogens is 386 g/mol. The van der Waals surface area contributed by atoms with Crippen LogP contribution in [0.2, 0.25) is 0 Å². The van der Waals surface area contributed by atoms with E-state index < -0.39 is 10.8 Å². The second-order valence-electron chi connectivity index (χ2n) is 6.48. The number of amides is 1. The Bertz CT molecular complexity index is 735. The number of benzene rings is 1. The summed E-state index contributed by atoms with van der Waals surface area (Å²) in [4.78, 5) is 25.2. The molecule has 11 heteroatoms. The quantitative estimate of drug-likeness (QED) is 0.367. The molecule has 1 aromatic carbocycles. The number of nitro groups is 1. The van der Waals surface area contributed by atoms with E-state index in [2.05, 4.69) is 16.2 Å². The van der Waals surface area contributed by atoms with Gasteiger partial charge in [0.15, 0.2) is 5.11 Å². The van der Waals surface area contributed by atoms with Gasteiger partial charge in [-0.25, -0.2) is 0 Å². The van der Waals surface area contributed by atoms with Crippen molar-refractivity contribution in [2.45, 2.75) is 18.9 Å². The highest BCUT2D eigenvalue weighted by Crippen LogP contribution is 2.29. The van der Waals surface area contributed by atoms with E-state index >= 15 is 0 Å². The molecule has 0 saturated carbocycles. The summed E-state index contributed by atoms with van der Waals surface area (Å²) in [6.45, 7) is 3.47. The molecule has 10 nitrogen and oxygen atoms in total. The molecule has 0 aromatic heterocycles. The number of nitro benzene ring substituents is 1. The SMILES string of the molecule is O=C(NNC(=S)NC[C@@H]1CCCO1)c1ccc(N2CCOCC2)c([N+](=O)[O-])c1. The number of thiocarbonyl (C=S) groups is 1. The first-order valence-corrected chi connectivity index (χ1v) is 9.52. The molecule has 2 heterocycles. The van der Waals surface area contributed by atoms with Gasteiger partial charge < -0.3 is 19.7 Å². The van der Waals surface area contributed by atoms with Crippen LogP contribution in [-0.2, 0) is 9.47 Å². The van der Waals surface area contributed by atoms with Gasteiger partial charge in [-0.15, -0.1) is 0 Å². The van der Waals surface area contributed by atoms with Crippen molar-refractivity contribution in [2.24, 2.45) is 0 Å². The molecular formula is C17H23N5O5S. The molecule has 3 N–H and O–H groups in total. The molecule has 1 amide bonds. The highest BCUT2D eigenvalue weighted by molar-refractivity contribution is 7.80. The van der Waals surface area contributed by atoms with E-state index in [1.165, 1.54) is 6.07 Å². The maximum absolute atomic E-state index is 12.3. The summed E-state index contributed by atoms with van der Waals surface area (Å²) in [5.74, 6) is -0.516. The third kappa shape index (κ3) is 5.27. The average Bonchev–Trinajstić information content (AvgIpc) is 3.24. The fourth-order valence-corrected chi connectivity index (χ4v) is 3.26. The van der Waals surface area contributed by atoms with Crippen LogP contribution in [0.4, 0.5) is 11.4 Å². The van der Waals surface area contributed by atoms with Crippen LogP contribution in [-0.4, -0.2) is 61.5 Å². The van der Waals surface area contributed by atoms with Crippen LogP contribution < -0.4 is 21.1 Å². The van der Waals surface area contributed by atoms with E-state index in [4.69, 9.17) is 21.7 Å². The average molecular weight is 409 g/mol. The summed E-state index contributed by atoms with van der Waals surface area (Å²) in [7, 11) is 0. The zero-order valence-electron chi connectivity index (χ0n) is 15.3. The van der Waals surface area contributed by atoms with Gasteiger partial charge >= 0.3 is 0 Å². The minimum Gasteiger partial charge on any atom is -0.378 e. The summed E-state index contributed by atoms with van der Waals surface area (Å²) in [6.07, 6.45) is 2.12. The number of hydrogen-bond acceptors (Lipinski definition) is 7. The van der Waals surface area contributed by atoms with Crippen molar-refractivity contribution < 1.29 is 19.2 Å². The lowest BCUT2D eigenvalue weighted by molar-refractivity contribution is -0.384. The molecule has 0 bridgehead atoms. The maximum atomic E-state index is 12.3. The molecule has 0 radical (unpaired) electrons. The van der Waals surface area contributed by atoms with Crippen LogP contribution in [0.5, 0.6) is 0 Å². The molecule has 0 unspecified atom stereocenters. The summed E-state index contributed by atoms with van der Waals surface area (Å²) in [6, 6.07) is 4.41. The second kappa shape index (κ2) is 9.62.